The normalized spacial score (nSPS) is 17.4. The summed E-state index contributed by atoms with van der Waals surface area (Å²) in [5.74, 6) is 2.38. The third kappa shape index (κ3) is 1.86. The number of nitrogens with zero attached hydrogens (tertiary/aromatic N) is 3. The van der Waals surface area contributed by atoms with Crippen LogP contribution in [0.1, 0.15) is 24.7 Å². The molecule has 0 radical (unpaired) electrons. The molecule has 2 aromatic rings. The van der Waals surface area contributed by atoms with Crippen molar-refractivity contribution in [3.63, 3.8) is 0 Å². The van der Waals surface area contributed by atoms with E-state index in [9.17, 15) is 0 Å². The molecule has 0 aromatic carbocycles. The first kappa shape index (κ1) is 10.5. The Balaban J connectivity index is 2.00. The number of hydrogen-bond donors (Lipinski definition) is 2. The van der Waals surface area contributed by atoms with Crippen LogP contribution in [0.2, 0.25) is 0 Å². The minimum absolute atomic E-state index is 0.0343. The highest BCUT2D eigenvalue weighted by Gasteiger charge is 2.31. The summed E-state index contributed by atoms with van der Waals surface area (Å²) in [6.45, 7) is 0. The molecule has 3 rings (SSSR count). The van der Waals surface area contributed by atoms with E-state index in [4.69, 9.17) is 5.73 Å². The number of rotatable bonds is 3. The Bertz CT molecular complexity index is 541. The highest BCUT2D eigenvalue weighted by molar-refractivity contribution is 5.73. The Morgan fingerprint density at radius 1 is 1.35 bits per heavy atom. The fourth-order valence-electron chi connectivity index (χ4n) is 1.99. The van der Waals surface area contributed by atoms with E-state index < -0.39 is 0 Å². The van der Waals surface area contributed by atoms with Gasteiger partial charge in [-0.05, 0) is 30.9 Å². The van der Waals surface area contributed by atoms with E-state index >= 15 is 0 Å². The van der Waals surface area contributed by atoms with Crippen molar-refractivity contribution in [1.82, 2.24) is 15.0 Å². The largest absolute Gasteiger partial charge is 0.363 e. The summed E-state index contributed by atoms with van der Waals surface area (Å²) in [6.07, 6.45) is 2.43. The lowest BCUT2D eigenvalue weighted by Gasteiger charge is -2.09. The summed E-state index contributed by atoms with van der Waals surface area (Å²) < 4.78 is 0. The van der Waals surface area contributed by atoms with E-state index in [-0.39, 0.29) is 6.04 Å². The van der Waals surface area contributed by atoms with Crippen molar-refractivity contribution in [2.24, 2.45) is 11.7 Å². The Morgan fingerprint density at radius 3 is 2.76 bits per heavy atom. The molecule has 0 amide bonds. The van der Waals surface area contributed by atoms with Crippen LogP contribution < -0.4 is 10.6 Å². The lowest BCUT2D eigenvalue weighted by molar-refractivity contribution is 0.602. The molecule has 1 fully saturated rings. The van der Waals surface area contributed by atoms with Gasteiger partial charge in [0.25, 0.3) is 0 Å². The van der Waals surface area contributed by atoms with Crippen LogP contribution in [0.3, 0.4) is 0 Å². The van der Waals surface area contributed by atoms with Crippen molar-refractivity contribution in [3.8, 4) is 0 Å². The number of nitrogens with one attached hydrogen (secondary N) is 1. The minimum atomic E-state index is 0.0343. The first-order valence-electron chi connectivity index (χ1n) is 5.94. The Hall–Kier alpha value is -1.62. The van der Waals surface area contributed by atoms with Gasteiger partial charge in [0.15, 0.2) is 5.65 Å². The maximum absolute atomic E-state index is 6.13. The average molecular weight is 231 g/mol. The number of anilines is 1. The summed E-state index contributed by atoms with van der Waals surface area (Å²) in [6, 6.07) is 4.02. The van der Waals surface area contributed by atoms with E-state index in [0.29, 0.717) is 5.92 Å². The molecule has 5 heteroatoms. The third-order valence-corrected chi connectivity index (χ3v) is 3.25. The van der Waals surface area contributed by atoms with Crippen LogP contribution in [-0.2, 0) is 0 Å². The van der Waals surface area contributed by atoms with Gasteiger partial charge in [-0.3, -0.25) is 0 Å². The van der Waals surface area contributed by atoms with Crippen LogP contribution in [-0.4, -0.2) is 29.0 Å². The Labute approximate surface area is 100 Å². The van der Waals surface area contributed by atoms with Crippen LogP contribution in [0.4, 0.5) is 5.82 Å². The third-order valence-electron chi connectivity index (χ3n) is 3.25. The predicted molar refractivity (Wildman–Crippen MR) is 67.9 cm³/mol. The molecule has 5 nitrogen and oxygen atoms in total. The number of hydrogen-bond acceptors (Lipinski definition) is 4. The molecular weight excluding hydrogens is 214 g/mol. The Morgan fingerprint density at radius 2 is 2.12 bits per heavy atom. The fraction of sp³-hybridized carbons (Fsp3) is 0.500. The lowest BCUT2D eigenvalue weighted by Crippen LogP contribution is -2.13. The zero-order chi connectivity index (χ0) is 12.0. The van der Waals surface area contributed by atoms with E-state index in [1.165, 1.54) is 12.8 Å². The maximum atomic E-state index is 6.13. The van der Waals surface area contributed by atoms with Gasteiger partial charge in [0.1, 0.15) is 11.6 Å². The summed E-state index contributed by atoms with van der Waals surface area (Å²) in [7, 11) is 3.94. The topological polar surface area (TPSA) is 70.8 Å². The van der Waals surface area contributed by atoms with Crippen LogP contribution in [0.15, 0.2) is 12.1 Å². The van der Waals surface area contributed by atoms with Gasteiger partial charge in [-0.15, -0.1) is 0 Å². The predicted octanol–water partition coefficient (Wildman–Crippen LogP) is 1.43. The highest BCUT2D eigenvalue weighted by Crippen LogP contribution is 2.38. The highest BCUT2D eigenvalue weighted by atomic mass is 15.2. The van der Waals surface area contributed by atoms with Gasteiger partial charge in [0.2, 0.25) is 0 Å². The van der Waals surface area contributed by atoms with E-state index in [1.54, 1.807) is 0 Å². The number of pyridine rings is 1. The number of aromatic amines is 1. The standard InChI is InChI=1S/C12H17N5/c1-17(2)9-6-5-8-11(15-9)16-12(14-8)10(13)7-3-4-7/h5-7,10H,3-4,13H2,1-2H3,(H,14,15,16). The first-order valence-corrected chi connectivity index (χ1v) is 5.94. The molecule has 1 aliphatic carbocycles. The van der Waals surface area contributed by atoms with Crippen LogP contribution in [0, 0.1) is 5.92 Å². The number of aromatic nitrogens is 3. The molecule has 1 unspecified atom stereocenters. The average Bonchev–Trinajstić information content (AvgIpc) is 3.06. The summed E-state index contributed by atoms with van der Waals surface area (Å²) in [5.41, 5.74) is 7.84. The van der Waals surface area contributed by atoms with Gasteiger partial charge in [0.05, 0.1) is 11.6 Å². The van der Waals surface area contributed by atoms with Crippen molar-refractivity contribution in [2.45, 2.75) is 18.9 Å². The number of nitrogens with two attached hydrogens (primary N) is 1. The van der Waals surface area contributed by atoms with Crippen LogP contribution in [0.5, 0.6) is 0 Å². The summed E-state index contributed by atoms with van der Waals surface area (Å²) >= 11 is 0. The number of fused-ring (bicyclic) bond motifs is 1. The molecule has 90 valence electrons. The fourth-order valence-corrected chi connectivity index (χ4v) is 1.99. The molecule has 0 bridgehead atoms. The van der Waals surface area contributed by atoms with Crippen molar-refractivity contribution in [2.75, 3.05) is 19.0 Å². The monoisotopic (exact) mass is 231 g/mol. The molecule has 0 spiro atoms. The van der Waals surface area contributed by atoms with Gasteiger partial charge < -0.3 is 15.6 Å². The Kier molecular flexibility index (Phi) is 2.29. The van der Waals surface area contributed by atoms with E-state index in [1.807, 2.05) is 31.1 Å². The first-order chi connectivity index (χ1) is 8.15. The van der Waals surface area contributed by atoms with Gasteiger partial charge in [0, 0.05) is 14.1 Å². The van der Waals surface area contributed by atoms with Crippen LogP contribution in [0.25, 0.3) is 11.2 Å². The van der Waals surface area contributed by atoms with Crippen molar-refractivity contribution in [3.05, 3.63) is 18.0 Å². The minimum Gasteiger partial charge on any atom is -0.363 e. The second-order valence-electron chi connectivity index (χ2n) is 4.92. The molecule has 1 atom stereocenters. The molecule has 1 aliphatic rings. The molecule has 1 saturated carbocycles. The van der Waals surface area contributed by atoms with E-state index in [2.05, 4.69) is 15.0 Å². The maximum Gasteiger partial charge on any atom is 0.179 e. The molecule has 2 aromatic heterocycles. The molecule has 0 aliphatic heterocycles. The lowest BCUT2D eigenvalue weighted by atomic mass is 10.2. The molecule has 0 saturated heterocycles. The second kappa shape index (κ2) is 3.70. The molecule has 2 heterocycles. The second-order valence-corrected chi connectivity index (χ2v) is 4.92. The molecule has 3 N–H and O–H groups in total. The molecular formula is C12H17N5. The SMILES string of the molecule is CN(C)c1ccc2[nH]c(C(N)C3CC3)nc2n1. The van der Waals surface area contributed by atoms with Gasteiger partial charge >= 0.3 is 0 Å². The smallest absolute Gasteiger partial charge is 0.179 e. The zero-order valence-electron chi connectivity index (χ0n) is 10.1. The molecule has 17 heavy (non-hydrogen) atoms. The number of imidazole rings is 1. The van der Waals surface area contributed by atoms with E-state index in [0.717, 1.165) is 22.8 Å². The van der Waals surface area contributed by atoms with Gasteiger partial charge in [-0.2, -0.15) is 0 Å². The van der Waals surface area contributed by atoms with Gasteiger partial charge in [-0.25, -0.2) is 9.97 Å². The summed E-state index contributed by atoms with van der Waals surface area (Å²) in [5, 5.41) is 0. The quantitative estimate of drug-likeness (QED) is 0.838. The van der Waals surface area contributed by atoms with Crippen LogP contribution >= 0.6 is 0 Å². The number of H-pyrrole nitrogens is 1. The zero-order valence-corrected chi connectivity index (χ0v) is 10.1. The van der Waals surface area contributed by atoms with Crippen molar-refractivity contribution in [1.29, 1.82) is 0 Å². The summed E-state index contributed by atoms with van der Waals surface area (Å²) in [4.78, 5) is 14.2. The van der Waals surface area contributed by atoms with Gasteiger partial charge in [-0.1, -0.05) is 0 Å². The van der Waals surface area contributed by atoms with Crippen molar-refractivity contribution < 1.29 is 0 Å². The van der Waals surface area contributed by atoms with Crippen molar-refractivity contribution >= 4 is 17.0 Å².